The van der Waals surface area contributed by atoms with Gasteiger partial charge in [-0.05, 0) is 35.2 Å². The molecular weight excluding hydrogens is 396 g/mol. The van der Waals surface area contributed by atoms with Crippen LogP contribution in [0.5, 0.6) is 0 Å². The monoisotopic (exact) mass is 414 g/mol. The van der Waals surface area contributed by atoms with Gasteiger partial charge in [0.25, 0.3) is 0 Å². The van der Waals surface area contributed by atoms with Crippen molar-refractivity contribution < 1.29 is 0 Å². The molecule has 0 bridgehead atoms. The Kier molecular flexibility index (Phi) is 3.77. The number of nitrogens with zero attached hydrogens (tertiary/aromatic N) is 8. The lowest BCUT2D eigenvalue weighted by molar-refractivity contribution is 0.468. The first kappa shape index (κ1) is 15.9. The van der Waals surface area contributed by atoms with Gasteiger partial charge in [0.15, 0.2) is 11.6 Å². The number of hydrogen-bond acceptors (Lipinski definition) is 6. The van der Waals surface area contributed by atoms with Crippen LogP contribution in [0.3, 0.4) is 0 Å². The van der Waals surface area contributed by atoms with Crippen molar-refractivity contribution in [3.8, 4) is 11.6 Å². The molecule has 1 saturated carbocycles. The van der Waals surface area contributed by atoms with Crippen molar-refractivity contribution in [1.82, 2.24) is 34.3 Å². The second kappa shape index (κ2) is 6.15. The van der Waals surface area contributed by atoms with E-state index in [2.05, 4.69) is 47.9 Å². The van der Waals surface area contributed by atoms with Gasteiger partial charge in [0.05, 0.1) is 12.2 Å². The molecule has 0 amide bonds. The van der Waals surface area contributed by atoms with Gasteiger partial charge in [-0.2, -0.15) is 4.98 Å². The second-order valence-electron chi connectivity index (χ2n) is 6.81. The molecule has 134 valence electrons. The molecule has 2 aliphatic rings. The topological polar surface area (TPSA) is 77.5 Å². The molecule has 0 N–H and O–H groups in total. The van der Waals surface area contributed by atoms with E-state index in [1.165, 1.54) is 25.7 Å². The number of hydrogen-bond donors (Lipinski definition) is 0. The molecule has 0 spiro atoms. The van der Waals surface area contributed by atoms with Crippen LogP contribution < -0.4 is 4.90 Å². The Labute approximate surface area is 159 Å². The van der Waals surface area contributed by atoms with E-state index in [1.807, 2.05) is 21.5 Å². The van der Waals surface area contributed by atoms with Crippen LogP contribution >= 0.6 is 15.9 Å². The zero-order valence-corrected chi connectivity index (χ0v) is 16.0. The van der Waals surface area contributed by atoms with E-state index in [1.54, 1.807) is 12.7 Å². The van der Waals surface area contributed by atoms with E-state index in [-0.39, 0.29) is 6.04 Å². The number of aromatic nitrogens is 7. The van der Waals surface area contributed by atoms with Gasteiger partial charge in [-0.3, -0.25) is 9.13 Å². The molecule has 0 saturated heterocycles. The zero-order chi connectivity index (χ0) is 17.7. The summed E-state index contributed by atoms with van der Waals surface area (Å²) >= 11 is 3.39. The Bertz CT molecular complexity index is 942. The van der Waals surface area contributed by atoms with E-state index in [0.29, 0.717) is 12.0 Å². The highest BCUT2D eigenvalue weighted by molar-refractivity contribution is 9.10. The number of fused-ring (bicyclic) bond motifs is 3. The number of imidazole rings is 1. The largest absolute Gasteiger partial charge is 0.341 e. The Morgan fingerprint density at radius 3 is 2.77 bits per heavy atom. The fraction of sp³-hybridized carbons (Fsp3) is 0.471. The maximum absolute atomic E-state index is 4.94. The highest BCUT2D eigenvalue weighted by atomic mass is 79.9. The first-order chi connectivity index (χ1) is 12.8. The van der Waals surface area contributed by atoms with Crippen LogP contribution in [-0.2, 0) is 0 Å². The van der Waals surface area contributed by atoms with E-state index in [4.69, 9.17) is 4.98 Å². The van der Waals surface area contributed by atoms with Gasteiger partial charge in [0.2, 0.25) is 5.95 Å². The number of halogens is 1. The summed E-state index contributed by atoms with van der Waals surface area (Å²) in [6.07, 6.45) is 13.1. The molecule has 1 fully saturated rings. The maximum atomic E-state index is 4.94. The molecule has 26 heavy (non-hydrogen) atoms. The van der Waals surface area contributed by atoms with Crippen LogP contribution in [0.4, 0.5) is 5.82 Å². The minimum absolute atomic E-state index is 0.186. The SMILES string of the molecule is CC[C@@H]1c2nncn2-c2cnc(-n3cnc(Br)c3)nc2N1C1CCCC1. The molecule has 0 unspecified atom stereocenters. The van der Waals surface area contributed by atoms with Gasteiger partial charge in [-0.15, -0.1) is 10.2 Å². The van der Waals surface area contributed by atoms with Crippen LogP contribution in [0.25, 0.3) is 11.6 Å². The van der Waals surface area contributed by atoms with Crippen LogP contribution in [-0.4, -0.2) is 40.3 Å². The Morgan fingerprint density at radius 1 is 1.19 bits per heavy atom. The van der Waals surface area contributed by atoms with E-state index in [0.717, 1.165) is 28.4 Å². The van der Waals surface area contributed by atoms with Crippen LogP contribution in [0, 0.1) is 0 Å². The highest BCUT2D eigenvalue weighted by Crippen LogP contribution is 2.42. The summed E-state index contributed by atoms with van der Waals surface area (Å²) in [4.78, 5) is 16.2. The summed E-state index contributed by atoms with van der Waals surface area (Å²) in [5.74, 6) is 2.57. The van der Waals surface area contributed by atoms with Crippen LogP contribution in [0.15, 0.2) is 29.7 Å². The molecule has 1 aliphatic carbocycles. The van der Waals surface area contributed by atoms with Gasteiger partial charge in [-0.1, -0.05) is 19.8 Å². The molecule has 1 atom stereocenters. The lowest BCUT2D eigenvalue weighted by atomic mass is 10.0. The first-order valence-electron chi connectivity index (χ1n) is 9.01. The van der Waals surface area contributed by atoms with Gasteiger partial charge in [-0.25, -0.2) is 9.97 Å². The van der Waals surface area contributed by atoms with Crippen molar-refractivity contribution in [1.29, 1.82) is 0 Å². The summed E-state index contributed by atoms with van der Waals surface area (Å²) in [5.41, 5.74) is 0.949. The zero-order valence-electron chi connectivity index (χ0n) is 14.5. The van der Waals surface area contributed by atoms with Gasteiger partial charge in [0.1, 0.15) is 22.9 Å². The van der Waals surface area contributed by atoms with E-state index >= 15 is 0 Å². The average molecular weight is 415 g/mol. The van der Waals surface area contributed by atoms with Gasteiger partial charge < -0.3 is 4.90 Å². The van der Waals surface area contributed by atoms with Crippen molar-refractivity contribution in [2.24, 2.45) is 0 Å². The third kappa shape index (κ3) is 2.37. The fourth-order valence-corrected chi connectivity index (χ4v) is 4.48. The minimum Gasteiger partial charge on any atom is -0.341 e. The molecule has 4 heterocycles. The minimum atomic E-state index is 0.186. The fourth-order valence-electron chi connectivity index (χ4n) is 4.17. The van der Waals surface area contributed by atoms with Crippen molar-refractivity contribution in [3.05, 3.63) is 35.5 Å². The van der Waals surface area contributed by atoms with Crippen molar-refractivity contribution in [3.63, 3.8) is 0 Å². The smallest absolute Gasteiger partial charge is 0.237 e. The predicted molar refractivity (Wildman–Crippen MR) is 99.5 cm³/mol. The van der Waals surface area contributed by atoms with Gasteiger partial charge >= 0.3 is 0 Å². The maximum Gasteiger partial charge on any atom is 0.237 e. The van der Waals surface area contributed by atoms with Crippen LogP contribution in [0.2, 0.25) is 0 Å². The molecule has 3 aromatic heterocycles. The standard InChI is InChI=1S/C17H19BrN8/c1-2-12-16-23-21-10-25(16)13-7-19-17(24-8-14(18)20-9-24)22-15(13)26(12)11-5-3-4-6-11/h7-12H,2-6H2,1H3/t12-/m1/s1. The summed E-state index contributed by atoms with van der Waals surface area (Å²) in [6.45, 7) is 2.20. The Balaban J connectivity index is 1.69. The highest BCUT2D eigenvalue weighted by Gasteiger charge is 2.38. The molecule has 1 aliphatic heterocycles. The summed E-state index contributed by atoms with van der Waals surface area (Å²) in [7, 11) is 0. The van der Waals surface area contributed by atoms with Crippen molar-refractivity contribution >= 4 is 21.7 Å². The van der Waals surface area contributed by atoms with Crippen molar-refractivity contribution in [2.75, 3.05) is 4.90 Å². The lowest BCUT2D eigenvalue weighted by Crippen LogP contribution is -2.42. The molecule has 0 radical (unpaired) electrons. The molecule has 8 nitrogen and oxygen atoms in total. The summed E-state index contributed by atoms with van der Waals surface area (Å²) in [6, 6.07) is 0.673. The van der Waals surface area contributed by atoms with E-state index in [9.17, 15) is 0 Å². The predicted octanol–water partition coefficient (Wildman–Crippen LogP) is 3.22. The summed E-state index contributed by atoms with van der Waals surface area (Å²) < 4.78 is 4.63. The second-order valence-corrected chi connectivity index (χ2v) is 7.62. The third-order valence-electron chi connectivity index (χ3n) is 5.34. The lowest BCUT2D eigenvalue weighted by Gasteiger charge is -2.40. The Morgan fingerprint density at radius 2 is 2.04 bits per heavy atom. The molecule has 3 aromatic rings. The molecule has 9 heteroatoms. The normalized spacial score (nSPS) is 19.6. The number of rotatable bonds is 3. The Hall–Kier alpha value is -2.29. The van der Waals surface area contributed by atoms with Gasteiger partial charge in [0, 0.05) is 12.2 Å². The molecule has 5 rings (SSSR count). The molecule has 0 aromatic carbocycles. The van der Waals surface area contributed by atoms with E-state index < -0.39 is 0 Å². The first-order valence-corrected chi connectivity index (χ1v) is 9.81. The summed E-state index contributed by atoms with van der Waals surface area (Å²) in [5, 5.41) is 8.56. The number of anilines is 1. The quantitative estimate of drug-likeness (QED) is 0.654. The van der Waals surface area contributed by atoms with Crippen molar-refractivity contribution in [2.45, 2.75) is 51.1 Å². The third-order valence-corrected chi connectivity index (χ3v) is 5.75. The average Bonchev–Trinajstić information content (AvgIpc) is 3.41. The van der Waals surface area contributed by atoms with Crippen LogP contribution in [0.1, 0.15) is 50.9 Å². The molecular formula is C17H19BrN8.